The van der Waals surface area contributed by atoms with Crippen LogP contribution in [0.5, 0.6) is 11.5 Å². The number of esters is 1. The molecule has 0 unspecified atom stereocenters. The van der Waals surface area contributed by atoms with Crippen molar-refractivity contribution in [2.75, 3.05) is 19.5 Å². The van der Waals surface area contributed by atoms with Crippen LogP contribution in [0.3, 0.4) is 0 Å². The molecule has 1 heterocycles. The van der Waals surface area contributed by atoms with Gasteiger partial charge in [-0.2, -0.15) is 0 Å². The number of anilines is 1. The van der Waals surface area contributed by atoms with Crippen molar-refractivity contribution in [1.82, 2.24) is 0 Å². The van der Waals surface area contributed by atoms with E-state index in [-0.39, 0.29) is 30.5 Å². The van der Waals surface area contributed by atoms with E-state index in [0.29, 0.717) is 32.1 Å². The lowest BCUT2D eigenvalue weighted by atomic mass is 9.75. The van der Waals surface area contributed by atoms with E-state index >= 15 is 0 Å². The maximum atomic E-state index is 12.5. The van der Waals surface area contributed by atoms with Crippen molar-refractivity contribution in [2.24, 2.45) is 5.92 Å². The molecule has 2 aliphatic rings. The van der Waals surface area contributed by atoms with Crippen LogP contribution in [0, 0.1) is 5.92 Å². The molecule has 0 radical (unpaired) electrons. The van der Waals surface area contributed by atoms with Crippen LogP contribution in [0.25, 0.3) is 0 Å². The predicted octanol–water partition coefficient (Wildman–Crippen LogP) is 8.61. The molecule has 1 N–H and O–H groups in total. The number of allylic oxidation sites excluding steroid dienone is 2. The standard InChI is InChI=1S/C28H23BrCl3NO4/c1-35-23-11-15(10-20(29)27(23)37-13-14-6-7-16(30)12-22(14)32)25-18-5-3-4-17(18)24-19(28(34)36-2)8-9-21(31)26(24)33-25/h3-4,6-12,17-18,25,33H,5,13H2,1-2H3/t17-,18-,25-/m1/s1. The van der Waals surface area contributed by atoms with Gasteiger partial charge in [-0.3, -0.25) is 0 Å². The van der Waals surface area contributed by atoms with E-state index < -0.39 is 0 Å². The number of hydrogen-bond acceptors (Lipinski definition) is 5. The molecule has 3 aromatic rings. The van der Waals surface area contributed by atoms with Gasteiger partial charge in [0.05, 0.1) is 41.0 Å². The summed E-state index contributed by atoms with van der Waals surface area (Å²) < 4.78 is 17.6. The van der Waals surface area contributed by atoms with Gasteiger partial charge in [0, 0.05) is 21.5 Å². The molecule has 3 atom stereocenters. The fourth-order valence-electron chi connectivity index (χ4n) is 5.14. The maximum absolute atomic E-state index is 12.5. The van der Waals surface area contributed by atoms with E-state index in [1.54, 1.807) is 31.4 Å². The molecule has 0 saturated heterocycles. The fraction of sp³-hybridized carbons (Fsp3) is 0.250. The molecule has 0 aromatic heterocycles. The number of carbonyl (C=O) groups excluding carboxylic acids is 1. The summed E-state index contributed by atoms with van der Waals surface area (Å²) in [6.07, 6.45) is 5.16. The molecule has 0 amide bonds. The quantitative estimate of drug-likeness (QED) is 0.220. The largest absolute Gasteiger partial charge is 0.493 e. The van der Waals surface area contributed by atoms with Crippen LogP contribution >= 0.6 is 50.7 Å². The minimum Gasteiger partial charge on any atom is -0.493 e. The zero-order chi connectivity index (χ0) is 26.3. The molecular formula is C28H23BrCl3NO4. The average molecular weight is 624 g/mol. The fourth-order valence-corrected chi connectivity index (χ4v) is 6.40. The molecule has 0 bridgehead atoms. The highest BCUT2D eigenvalue weighted by Crippen LogP contribution is 2.54. The number of carbonyl (C=O) groups is 1. The van der Waals surface area contributed by atoms with Crippen LogP contribution in [0.4, 0.5) is 5.69 Å². The van der Waals surface area contributed by atoms with Gasteiger partial charge in [-0.05, 0) is 75.8 Å². The molecule has 1 aliphatic heterocycles. The topological polar surface area (TPSA) is 56.8 Å². The third-order valence-corrected chi connectivity index (χ3v) is 8.36. The Morgan fingerprint density at radius 2 is 1.89 bits per heavy atom. The lowest BCUT2D eigenvalue weighted by Crippen LogP contribution is -2.31. The number of fused-ring (bicyclic) bond motifs is 3. The van der Waals surface area contributed by atoms with Crippen molar-refractivity contribution in [1.29, 1.82) is 0 Å². The minimum absolute atomic E-state index is 0.0155. The van der Waals surface area contributed by atoms with Crippen molar-refractivity contribution in [2.45, 2.75) is 25.0 Å². The first-order chi connectivity index (χ1) is 17.8. The van der Waals surface area contributed by atoms with Gasteiger partial charge in [0.1, 0.15) is 6.61 Å². The van der Waals surface area contributed by atoms with Crippen LogP contribution in [0.1, 0.15) is 45.4 Å². The van der Waals surface area contributed by atoms with Gasteiger partial charge < -0.3 is 19.5 Å². The van der Waals surface area contributed by atoms with Crippen LogP contribution < -0.4 is 14.8 Å². The second-order valence-electron chi connectivity index (χ2n) is 8.91. The predicted molar refractivity (Wildman–Crippen MR) is 151 cm³/mol. The van der Waals surface area contributed by atoms with Crippen molar-refractivity contribution >= 4 is 62.4 Å². The van der Waals surface area contributed by atoms with Gasteiger partial charge in [-0.25, -0.2) is 4.79 Å². The average Bonchev–Trinajstić information content (AvgIpc) is 3.38. The van der Waals surface area contributed by atoms with Crippen LogP contribution in [-0.4, -0.2) is 20.2 Å². The number of halogens is 4. The van der Waals surface area contributed by atoms with Gasteiger partial charge in [-0.15, -0.1) is 0 Å². The summed E-state index contributed by atoms with van der Waals surface area (Å²) in [6.45, 7) is 0.250. The van der Waals surface area contributed by atoms with E-state index in [2.05, 4.69) is 33.4 Å². The molecule has 5 nitrogen and oxygen atoms in total. The van der Waals surface area contributed by atoms with E-state index in [9.17, 15) is 4.79 Å². The number of benzene rings is 3. The van der Waals surface area contributed by atoms with Crippen molar-refractivity contribution in [3.63, 3.8) is 0 Å². The Kier molecular flexibility index (Phi) is 7.64. The lowest BCUT2D eigenvalue weighted by Gasteiger charge is -2.39. The molecular weight excluding hydrogens is 601 g/mol. The number of nitrogens with one attached hydrogen (secondary N) is 1. The summed E-state index contributed by atoms with van der Waals surface area (Å²) in [5, 5.41) is 5.27. The second-order valence-corrected chi connectivity index (χ2v) is 11.0. The Balaban J connectivity index is 1.50. The summed E-state index contributed by atoms with van der Waals surface area (Å²) in [6, 6.07) is 12.7. The minimum atomic E-state index is -0.376. The summed E-state index contributed by atoms with van der Waals surface area (Å²) in [4.78, 5) is 12.5. The normalized spacial score (nSPS) is 19.6. The molecule has 5 rings (SSSR count). The van der Waals surface area contributed by atoms with Gasteiger partial charge >= 0.3 is 5.97 Å². The Bertz CT molecular complexity index is 1410. The summed E-state index contributed by atoms with van der Waals surface area (Å²) in [5.41, 5.74) is 3.96. The zero-order valence-electron chi connectivity index (χ0n) is 20.0. The highest BCUT2D eigenvalue weighted by atomic mass is 79.9. The SMILES string of the molecule is COC(=O)c1ccc(Cl)c2c1[C@@H]1C=CC[C@H]1[C@@H](c1cc(Br)c(OCc3ccc(Cl)cc3Cl)c(OC)c1)N2. The van der Waals surface area contributed by atoms with E-state index in [4.69, 9.17) is 49.0 Å². The van der Waals surface area contributed by atoms with Crippen LogP contribution in [-0.2, 0) is 11.3 Å². The number of ether oxygens (including phenoxy) is 3. The first-order valence-electron chi connectivity index (χ1n) is 11.6. The molecule has 37 heavy (non-hydrogen) atoms. The Labute approximate surface area is 238 Å². The summed E-state index contributed by atoms with van der Waals surface area (Å²) in [5.74, 6) is 0.964. The Hall–Kier alpha value is -2.38. The van der Waals surface area contributed by atoms with Gasteiger partial charge in [0.25, 0.3) is 0 Å². The zero-order valence-corrected chi connectivity index (χ0v) is 23.8. The molecule has 1 aliphatic carbocycles. The second kappa shape index (κ2) is 10.8. The number of hydrogen-bond donors (Lipinski definition) is 1. The van der Waals surface area contributed by atoms with E-state index in [1.807, 2.05) is 18.2 Å². The Morgan fingerprint density at radius 1 is 1.08 bits per heavy atom. The van der Waals surface area contributed by atoms with Crippen molar-refractivity contribution < 1.29 is 19.0 Å². The highest BCUT2D eigenvalue weighted by Gasteiger charge is 2.41. The van der Waals surface area contributed by atoms with Gasteiger partial charge in [0.15, 0.2) is 11.5 Å². The van der Waals surface area contributed by atoms with Gasteiger partial charge in [0.2, 0.25) is 0 Å². The molecule has 3 aromatic carbocycles. The summed E-state index contributed by atoms with van der Waals surface area (Å²) in [7, 11) is 3.00. The van der Waals surface area contributed by atoms with Crippen molar-refractivity contribution in [3.05, 3.63) is 96.4 Å². The number of methoxy groups -OCH3 is 2. The summed E-state index contributed by atoms with van der Waals surface area (Å²) >= 11 is 22.6. The van der Waals surface area contributed by atoms with E-state index in [1.165, 1.54) is 7.11 Å². The van der Waals surface area contributed by atoms with E-state index in [0.717, 1.165) is 33.3 Å². The third kappa shape index (κ3) is 4.92. The van der Waals surface area contributed by atoms with Crippen molar-refractivity contribution in [3.8, 4) is 11.5 Å². The molecule has 0 fully saturated rings. The molecule has 0 spiro atoms. The van der Waals surface area contributed by atoms with Gasteiger partial charge in [-0.1, -0.05) is 53.0 Å². The monoisotopic (exact) mass is 621 g/mol. The first-order valence-corrected chi connectivity index (χ1v) is 13.5. The molecule has 9 heteroatoms. The third-order valence-electron chi connectivity index (χ3n) is 6.87. The first kappa shape index (κ1) is 26.2. The Morgan fingerprint density at radius 3 is 2.62 bits per heavy atom. The van der Waals surface area contributed by atoms with Crippen LogP contribution in [0.2, 0.25) is 15.1 Å². The molecule has 192 valence electrons. The maximum Gasteiger partial charge on any atom is 0.338 e. The molecule has 0 saturated carbocycles. The lowest BCUT2D eigenvalue weighted by molar-refractivity contribution is 0.0598. The number of rotatable bonds is 6. The van der Waals surface area contributed by atoms with Crippen LogP contribution in [0.15, 0.2) is 59.1 Å². The smallest absolute Gasteiger partial charge is 0.338 e. The highest BCUT2D eigenvalue weighted by molar-refractivity contribution is 9.10.